The number of rotatable bonds is 3. The predicted octanol–water partition coefficient (Wildman–Crippen LogP) is 3.57. The minimum Gasteiger partial charge on any atom is -0.457 e. The summed E-state index contributed by atoms with van der Waals surface area (Å²) >= 11 is 5.91. The van der Waals surface area contributed by atoms with Gasteiger partial charge in [-0.25, -0.2) is 4.79 Å². The van der Waals surface area contributed by atoms with E-state index in [2.05, 4.69) is 6.07 Å². The highest BCUT2D eigenvalue weighted by molar-refractivity contribution is 6.33. The van der Waals surface area contributed by atoms with E-state index in [9.17, 15) is 4.79 Å². The summed E-state index contributed by atoms with van der Waals surface area (Å²) in [6.07, 6.45) is 0. The number of nitriles is 1. The Kier molecular flexibility index (Phi) is 4.17. The van der Waals surface area contributed by atoms with E-state index < -0.39 is 5.97 Å². The van der Waals surface area contributed by atoms with Crippen LogP contribution in [-0.4, -0.2) is 5.97 Å². The van der Waals surface area contributed by atoms with Crippen LogP contribution in [0, 0.1) is 11.3 Å². The first kappa shape index (κ1) is 13.1. The number of hydrogen-bond acceptors (Lipinski definition) is 3. The molecule has 4 heteroatoms. The number of nitrogens with zero attached hydrogens (tertiary/aromatic N) is 1. The lowest BCUT2D eigenvalue weighted by Crippen LogP contribution is -2.06. The Balaban J connectivity index is 2.10. The van der Waals surface area contributed by atoms with Crippen molar-refractivity contribution in [1.82, 2.24) is 0 Å². The van der Waals surface area contributed by atoms with Crippen LogP contribution in [0.5, 0.6) is 0 Å². The summed E-state index contributed by atoms with van der Waals surface area (Å²) in [6, 6.07) is 15.7. The van der Waals surface area contributed by atoms with Gasteiger partial charge in [-0.2, -0.15) is 5.26 Å². The molecule has 0 amide bonds. The van der Waals surface area contributed by atoms with Gasteiger partial charge in [-0.05, 0) is 18.2 Å². The summed E-state index contributed by atoms with van der Waals surface area (Å²) in [5, 5.41) is 9.28. The molecule has 0 saturated carbocycles. The largest absolute Gasteiger partial charge is 0.457 e. The van der Waals surface area contributed by atoms with Gasteiger partial charge in [-0.15, -0.1) is 0 Å². The van der Waals surface area contributed by atoms with E-state index in [1.165, 1.54) is 0 Å². The topological polar surface area (TPSA) is 50.1 Å². The van der Waals surface area contributed by atoms with Gasteiger partial charge >= 0.3 is 5.97 Å². The number of benzene rings is 2. The average Bonchev–Trinajstić information content (AvgIpc) is 2.45. The Hall–Kier alpha value is -2.31. The van der Waals surface area contributed by atoms with E-state index in [4.69, 9.17) is 21.6 Å². The van der Waals surface area contributed by atoms with E-state index in [-0.39, 0.29) is 6.61 Å². The minimum absolute atomic E-state index is 0.0494. The summed E-state index contributed by atoms with van der Waals surface area (Å²) in [5.74, 6) is -0.502. The van der Waals surface area contributed by atoms with Crippen molar-refractivity contribution in [1.29, 1.82) is 5.26 Å². The molecule has 2 aromatic carbocycles. The third kappa shape index (κ3) is 3.12. The summed E-state index contributed by atoms with van der Waals surface area (Å²) in [6.45, 7) is 0.0494. The Morgan fingerprint density at radius 2 is 1.84 bits per heavy atom. The van der Waals surface area contributed by atoms with Gasteiger partial charge in [0.25, 0.3) is 0 Å². The first-order chi connectivity index (χ1) is 9.22. The second kappa shape index (κ2) is 6.03. The van der Waals surface area contributed by atoms with E-state index in [1.54, 1.807) is 48.5 Å². The van der Waals surface area contributed by atoms with Crippen molar-refractivity contribution in [3.8, 4) is 6.07 Å². The number of carbonyl (C=O) groups is 1. The first-order valence-electron chi connectivity index (χ1n) is 5.62. The monoisotopic (exact) mass is 271 g/mol. The molecule has 0 aromatic heterocycles. The van der Waals surface area contributed by atoms with E-state index in [0.29, 0.717) is 21.7 Å². The minimum atomic E-state index is -0.502. The maximum absolute atomic E-state index is 11.8. The second-order valence-electron chi connectivity index (χ2n) is 3.82. The molecule has 0 radical (unpaired) electrons. The molecular weight excluding hydrogens is 262 g/mol. The van der Waals surface area contributed by atoms with Gasteiger partial charge in [-0.1, -0.05) is 41.9 Å². The summed E-state index contributed by atoms with van der Waals surface area (Å²) < 4.78 is 5.16. The highest BCUT2D eigenvalue weighted by atomic mass is 35.5. The molecule has 2 aromatic rings. The molecule has 0 heterocycles. The zero-order chi connectivity index (χ0) is 13.7. The Bertz CT molecular complexity index is 647. The third-order valence-corrected chi connectivity index (χ3v) is 2.92. The standard InChI is InChI=1S/C15H10ClNO2/c16-14-8-4-3-7-13(14)15(18)19-10-12-6-2-1-5-11(12)9-17/h1-8H,10H2. The lowest BCUT2D eigenvalue weighted by molar-refractivity contribution is 0.0472. The van der Waals surface area contributed by atoms with Crippen molar-refractivity contribution in [3.05, 3.63) is 70.2 Å². The van der Waals surface area contributed by atoms with Gasteiger partial charge in [0.15, 0.2) is 0 Å². The first-order valence-corrected chi connectivity index (χ1v) is 6.00. The van der Waals surface area contributed by atoms with Crippen LogP contribution >= 0.6 is 11.6 Å². The molecular formula is C15H10ClNO2. The lowest BCUT2D eigenvalue weighted by Gasteiger charge is -2.07. The fraction of sp³-hybridized carbons (Fsp3) is 0.0667. The van der Waals surface area contributed by atoms with Gasteiger partial charge in [0.1, 0.15) is 6.61 Å². The predicted molar refractivity (Wildman–Crippen MR) is 71.7 cm³/mol. The molecule has 3 nitrogen and oxygen atoms in total. The van der Waals surface area contributed by atoms with Gasteiger partial charge < -0.3 is 4.74 Å². The Morgan fingerprint density at radius 1 is 1.16 bits per heavy atom. The van der Waals surface area contributed by atoms with Crippen LogP contribution in [-0.2, 0) is 11.3 Å². The normalized spacial score (nSPS) is 9.68. The maximum Gasteiger partial charge on any atom is 0.339 e. The zero-order valence-corrected chi connectivity index (χ0v) is 10.7. The van der Waals surface area contributed by atoms with Crippen molar-refractivity contribution in [2.45, 2.75) is 6.61 Å². The molecule has 0 aliphatic carbocycles. The molecule has 0 bridgehead atoms. The molecule has 0 atom stereocenters. The summed E-state index contributed by atoms with van der Waals surface area (Å²) in [4.78, 5) is 11.8. The zero-order valence-electron chi connectivity index (χ0n) is 9.97. The smallest absolute Gasteiger partial charge is 0.339 e. The molecule has 0 spiro atoms. The molecule has 0 aliphatic heterocycles. The van der Waals surface area contributed by atoms with Crippen molar-refractivity contribution >= 4 is 17.6 Å². The van der Waals surface area contributed by atoms with Crippen LogP contribution in [0.1, 0.15) is 21.5 Å². The molecule has 0 saturated heterocycles. The fourth-order valence-corrected chi connectivity index (χ4v) is 1.82. The van der Waals surface area contributed by atoms with Gasteiger partial charge in [0.2, 0.25) is 0 Å². The summed E-state index contributed by atoms with van der Waals surface area (Å²) in [5.41, 5.74) is 1.48. The molecule has 19 heavy (non-hydrogen) atoms. The number of halogens is 1. The van der Waals surface area contributed by atoms with Crippen LogP contribution < -0.4 is 0 Å². The quantitative estimate of drug-likeness (QED) is 0.802. The number of ether oxygens (including phenoxy) is 1. The van der Waals surface area contributed by atoms with Gasteiger partial charge in [0.05, 0.1) is 22.2 Å². The average molecular weight is 272 g/mol. The molecule has 0 fully saturated rings. The van der Waals surface area contributed by atoms with Crippen LogP contribution in [0.2, 0.25) is 5.02 Å². The molecule has 0 N–H and O–H groups in total. The van der Waals surface area contributed by atoms with Crippen LogP contribution in [0.3, 0.4) is 0 Å². The molecule has 0 unspecified atom stereocenters. The fourth-order valence-electron chi connectivity index (χ4n) is 1.60. The van der Waals surface area contributed by atoms with Crippen molar-refractivity contribution in [2.75, 3.05) is 0 Å². The van der Waals surface area contributed by atoms with Crippen LogP contribution in [0.4, 0.5) is 0 Å². The highest BCUT2D eigenvalue weighted by Crippen LogP contribution is 2.17. The van der Waals surface area contributed by atoms with E-state index in [0.717, 1.165) is 0 Å². The van der Waals surface area contributed by atoms with Crippen LogP contribution in [0.25, 0.3) is 0 Å². The van der Waals surface area contributed by atoms with Crippen molar-refractivity contribution < 1.29 is 9.53 Å². The third-order valence-electron chi connectivity index (χ3n) is 2.59. The highest BCUT2D eigenvalue weighted by Gasteiger charge is 2.11. The van der Waals surface area contributed by atoms with Crippen LogP contribution in [0.15, 0.2) is 48.5 Å². The lowest BCUT2D eigenvalue weighted by atomic mass is 10.1. The van der Waals surface area contributed by atoms with Gasteiger partial charge in [0, 0.05) is 5.56 Å². The second-order valence-corrected chi connectivity index (χ2v) is 4.23. The SMILES string of the molecule is N#Cc1ccccc1COC(=O)c1ccccc1Cl. The molecule has 0 aliphatic rings. The number of hydrogen-bond donors (Lipinski definition) is 0. The van der Waals surface area contributed by atoms with E-state index in [1.807, 2.05) is 0 Å². The Labute approximate surface area is 116 Å². The Morgan fingerprint density at radius 3 is 2.58 bits per heavy atom. The molecule has 94 valence electrons. The number of esters is 1. The summed E-state index contributed by atoms with van der Waals surface area (Å²) in [7, 11) is 0. The molecule has 2 rings (SSSR count). The van der Waals surface area contributed by atoms with Crippen molar-refractivity contribution in [2.24, 2.45) is 0 Å². The van der Waals surface area contributed by atoms with Crippen molar-refractivity contribution in [3.63, 3.8) is 0 Å². The van der Waals surface area contributed by atoms with E-state index >= 15 is 0 Å². The number of carbonyl (C=O) groups excluding carboxylic acids is 1. The van der Waals surface area contributed by atoms with Gasteiger partial charge in [-0.3, -0.25) is 0 Å². The maximum atomic E-state index is 11.8.